The maximum absolute atomic E-state index is 12.2. The second-order valence-electron chi connectivity index (χ2n) is 4.35. The van der Waals surface area contributed by atoms with Gasteiger partial charge in [-0.1, -0.05) is 0 Å². The highest BCUT2D eigenvalue weighted by Gasteiger charge is 2.31. The van der Waals surface area contributed by atoms with E-state index in [-0.39, 0.29) is 17.7 Å². The lowest BCUT2D eigenvalue weighted by Gasteiger charge is -2.18. The van der Waals surface area contributed by atoms with Gasteiger partial charge in [0.15, 0.2) is 0 Å². The molecule has 8 heteroatoms. The molecule has 0 saturated carbocycles. The molecule has 1 aromatic carbocycles. The van der Waals surface area contributed by atoms with Crippen molar-refractivity contribution in [2.75, 3.05) is 19.8 Å². The molecule has 2 rings (SSSR count). The minimum absolute atomic E-state index is 0.0888. The molecule has 1 heterocycles. The summed E-state index contributed by atoms with van der Waals surface area (Å²) in [7, 11) is 0. The standard InChI is InChI=1S/C14H11F3N2O3/c15-14(16,17)22-10-3-1-9(2-4-10)13(20)11(7-18)12-8-21-6-5-19-12/h1-4,19H,5-6,8H2/b12-11-. The zero-order valence-corrected chi connectivity index (χ0v) is 11.2. The molecule has 0 aromatic heterocycles. The molecule has 0 spiro atoms. The molecule has 0 unspecified atom stereocenters. The van der Waals surface area contributed by atoms with Crippen LogP contribution >= 0.6 is 0 Å². The first-order valence-corrected chi connectivity index (χ1v) is 6.26. The smallest absolute Gasteiger partial charge is 0.406 e. The van der Waals surface area contributed by atoms with Crippen LogP contribution < -0.4 is 10.1 Å². The first kappa shape index (κ1) is 15.9. The Morgan fingerprint density at radius 1 is 1.32 bits per heavy atom. The lowest BCUT2D eigenvalue weighted by atomic mass is 10.0. The van der Waals surface area contributed by atoms with E-state index in [1.807, 2.05) is 0 Å². The van der Waals surface area contributed by atoms with Gasteiger partial charge in [-0.25, -0.2) is 0 Å². The van der Waals surface area contributed by atoms with Crippen molar-refractivity contribution >= 4 is 5.78 Å². The van der Waals surface area contributed by atoms with Crippen LogP contribution in [0.2, 0.25) is 0 Å². The van der Waals surface area contributed by atoms with Crippen LogP contribution in [0.5, 0.6) is 5.75 Å². The summed E-state index contributed by atoms with van der Waals surface area (Å²) in [5.41, 5.74) is 0.338. The van der Waals surface area contributed by atoms with Crippen molar-refractivity contribution in [2.45, 2.75) is 6.36 Å². The van der Waals surface area contributed by atoms with E-state index in [1.54, 1.807) is 6.07 Å². The summed E-state index contributed by atoms with van der Waals surface area (Å²) in [6, 6.07) is 6.18. The third kappa shape index (κ3) is 3.99. The fourth-order valence-corrected chi connectivity index (χ4v) is 1.87. The zero-order chi connectivity index (χ0) is 16.2. The number of nitriles is 1. The molecule has 5 nitrogen and oxygen atoms in total. The van der Waals surface area contributed by atoms with Crippen molar-refractivity contribution in [2.24, 2.45) is 0 Å². The minimum Gasteiger partial charge on any atom is -0.406 e. The molecular formula is C14H11F3N2O3. The topological polar surface area (TPSA) is 71.4 Å². The Labute approximate surface area is 123 Å². The zero-order valence-electron chi connectivity index (χ0n) is 11.2. The number of rotatable bonds is 3. The Morgan fingerprint density at radius 2 is 2.00 bits per heavy atom. The third-order valence-electron chi connectivity index (χ3n) is 2.82. The van der Waals surface area contributed by atoms with E-state index >= 15 is 0 Å². The number of alkyl halides is 3. The second kappa shape index (κ2) is 6.49. The molecule has 1 N–H and O–H groups in total. The van der Waals surface area contributed by atoms with Gasteiger partial charge in [-0.05, 0) is 24.3 Å². The molecule has 1 saturated heterocycles. The van der Waals surface area contributed by atoms with Gasteiger partial charge in [-0.3, -0.25) is 4.79 Å². The van der Waals surface area contributed by atoms with Gasteiger partial charge in [0.05, 0.1) is 18.9 Å². The molecule has 0 bridgehead atoms. The highest BCUT2D eigenvalue weighted by atomic mass is 19.4. The molecule has 116 valence electrons. The van der Waals surface area contributed by atoms with E-state index in [9.17, 15) is 18.0 Å². The Kier molecular flexibility index (Phi) is 4.68. The van der Waals surface area contributed by atoms with Gasteiger partial charge < -0.3 is 14.8 Å². The molecule has 22 heavy (non-hydrogen) atoms. The van der Waals surface area contributed by atoms with Crippen LogP contribution in [-0.2, 0) is 4.74 Å². The minimum atomic E-state index is -4.80. The van der Waals surface area contributed by atoms with Crippen molar-refractivity contribution in [3.05, 3.63) is 41.1 Å². The van der Waals surface area contributed by atoms with Gasteiger partial charge in [0.2, 0.25) is 5.78 Å². The number of hydrogen-bond donors (Lipinski definition) is 1. The van der Waals surface area contributed by atoms with Crippen LogP contribution in [0, 0.1) is 11.3 Å². The van der Waals surface area contributed by atoms with Gasteiger partial charge >= 0.3 is 6.36 Å². The molecule has 0 radical (unpaired) electrons. The summed E-state index contributed by atoms with van der Waals surface area (Å²) >= 11 is 0. The van der Waals surface area contributed by atoms with Crippen molar-refractivity contribution in [3.8, 4) is 11.8 Å². The van der Waals surface area contributed by atoms with Crippen molar-refractivity contribution in [1.82, 2.24) is 5.32 Å². The molecule has 0 aliphatic carbocycles. The first-order valence-electron chi connectivity index (χ1n) is 6.26. The summed E-state index contributed by atoms with van der Waals surface area (Å²) in [5, 5.41) is 12.0. The van der Waals surface area contributed by atoms with Crippen molar-refractivity contribution in [3.63, 3.8) is 0 Å². The normalized spacial score (nSPS) is 17.2. The van der Waals surface area contributed by atoms with Gasteiger partial charge in [-0.15, -0.1) is 13.2 Å². The number of halogens is 3. The second-order valence-corrected chi connectivity index (χ2v) is 4.35. The van der Waals surface area contributed by atoms with Gasteiger partial charge in [-0.2, -0.15) is 5.26 Å². The number of nitrogens with one attached hydrogen (secondary N) is 1. The summed E-state index contributed by atoms with van der Waals surface area (Å²) in [6.07, 6.45) is -4.80. The Bertz CT molecular complexity index is 622. The summed E-state index contributed by atoms with van der Waals surface area (Å²) in [6.45, 7) is 1.07. The number of ketones is 1. The highest BCUT2D eigenvalue weighted by molar-refractivity contribution is 6.11. The van der Waals surface area contributed by atoms with Gasteiger partial charge in [0, 0.05) is 12.1 Å². The largest absolute Gasteiger partial charge is 0.573 e. The van der Waals surface area contributed by atoms with E-state index < -0.39 is 17.9 Å². The molecule has 1 aliphatic rings. The first-order chi connectivity index (χ1) is 10.4. The van der Waals surface area contributed by atoms with Gasteiger partial charge in [0.1, 0.15) is 17.4 Å². The SMILES string of the molecule is N#C/C(C(=O)c1ccc(OC(F)(F)F)cc1)=C1\COCCN1. The summed E-state index contributed by atoms with van der Waals surface area (Å²) < 4.78 is 45.1. The molecule has 1 aliphatic heterocycles. The molecule has 1 fully saturated rings. The monoisotopic (exact) mass is 312 g/mol. The van der Waals surface area contributed by atoms with E-state index in [4.69, 9.17) is 10.00 Å². The fraction of sp³-hybridized carbons (Fsp3) is 0.286. The number of benzene rings is 1. The Hall–Kier alpha value is -2.53. The lowest BCUT2D eigenvalue weighted by molar-refractivity contribution is -0.274. The van der Waals surface area contributed by atoms with Crippen LogP contribution in [0.3, 0.4) is 0 Å². The molecule has 0 atom stereocenters. The van der Waals surface area contributed by atoms with Crippen molar-refractivity contribution in [1.29, 1.82) is 5.26 Å². The number of morpholine rings is 1. The average molecular weight is 312 g/mol. The Morgan fingerprint density at radius 3 is 2.50 bits per heavy atom. The highest BCUT2D eigenvalue weighted by Crippen LogP contribution is 2.23. The maximum Gasteiger partial charge on any atom is 0.573 e. The Balaban J connectivity index is 2.20. The number of ether oxygens (including phenoxy) is 2. The van der Waals surface area contributed by atoms with E-state index in [2.05, 4.69) is 10.1 Å². The number of hydrogen-bond acceptors (Lipinski definition) is 5. The fourth-order valence-electron chi connectivity index (χ4n) is 1.87. The molecule has 0 amide bonds. The predicted molar refractivity (Wildman–Crippen MR) is 68.9 cm³/mol. The predicted octanol–water partition coefficient (Wildman–Crippen LogP) is 2.17. The van der Waals surface area contributed by atoms with Crippen LogP contribution in [0.1, 0.15) is 10.4 Å². The van der Waals surface area contributed by atoms with Crippen LogP contribution in [0.15, 0.2) is 35.5 Å². The third-order valence-corrected chi connectivity index (χ3v) is 2.82. The molecular weight excluding hydrogens is 301 g/mol. The number of Topliss-reactive ketones (excluding diaryl/α,β-unsaturated/α-hetero) is 1. The van der Waals surface area contributed by atoms with Crippen LogP contribution in [0.4, 0.5) is 13.2 Å². The lowest BCUT2D eigenvalue weighted by Crippen LogP contribution is -2.31. The quantitative estimate of drug-likeness (QED) is 0.526. The van der Waals surface area contributed by atoms with E-state index in [0.29, 0.717) is 18.8 Å². The maximum atomic E-state index is 12.2. The van der Waals surface area contributed by atoms with Crippen molar-refractivity contribution < 1.29 is 27.4 Å². The number of nitrogens with zero attached hydrogens (tertiary/aromatic N) is 1. The van der Waals surface area contributed by atoms with Crippen LogP contribution in [0.25, 0.3) is 0 Å². The molecule has 1 aromatic rings. The average Bonchev–Trinajstić information content (AvgIpc) is 2.48. The van der Waals surface area contributed by atoms with E-state index in [0.717, 1.165) is 12.1 Å². The summed E-state index contributed by atoms with van der Waals surface area (Å²) in [4.78, 5) is 12.2. The number of carbonyl (C=O) groups excluding carboxylic acids is 1. The number of allylic oxidation sites excluding steroid dienone is 1. The van der Waals surface area contributed by atoms with E-state index in [1.165, 1.54) is 12.1 Å². The summed E-state index contributed by atoms with van der Waals surface area (Å²) in [5.74, 6) is -1.02. The van der Waals surface area contributed by atoms with Crippen LogP contribution in [-0.4, -0.2) is 31.9 Å². The number of carbonyl (C=O) groups is 1. The van der Waals surface area contributed by atoms with Gasteiger partial charge in [0.25, 0.3) is 0 Å².